The number of fused-ring (bicyclic) bond motifs is 1. The Balaban J connectivity index is 2.41. The third-order valence-corrected chi connectivity index (χ3v) is 2.77. The van der Waals surface area contributed by atoms with Crippen molar-refractivity contribution in [2.24, 2.45) is 5.11 Å². The van der Waals surface area contributed by atoms with Crippen LogP contribution in [0, 0.1) is 6.92 Å². The molecular formula is C9H12N6O. The molecule has 2 heterocycles. The minimum absolute atomic E-state index is 0.206. The van der Waals surface area contributed by atoms with E-state index in [9.17, 15) is 4.79 Å². The van der Waals surface area contributed by atoms with Gasteiger partial charge in [-0.25, -0.2) is 4.98 Å². The Labute approximate surface area is 92.3 Å². The Morgan fingerprint density at radius 2 is 2.44 bits per heavy atom. The molecule has 84 valence electrons. The summed E-state index contributed by atoms with van der Waals surface area (Å²) in [6, 6.07) is -0.629. The number of hydrogen-bond acceptors (Lipinski definition) is 3. The molecule has 0 saturated heterocycles. The van der Waals surface area contributed by atoms with Crippen LogP contribution in [0.25, 0.3) is 10.4 Å². The molecule has 0 N–H and O–H groups in total. The van der Waals surface area contributed by atoms with Crippen molar-refractivity contribution in [2.75, 3.05) is 11.9 Å². The fourth-order valence-electron chi connectivity index (χ4n) is 1.86. The molecule has 0 saturated carbocycles. The number of hydrogen-bond donors (Lipinski definition) is 0. The summed E-state index contributed by atoms with van der Waals surface area (Å²) in [7, 11) is 1.64. The number of likely N-dealkylation sites (N-methyl/N-ethyl adjacent to an activating group) is 1. The average molecular weight is 220 g/mol. The van der Waals surface area contributed by atoms with E-state index in [1.807, 2.05) is 11.5 Å². The van der Waals surface area contributed by atoms with Gasteiger partial charge in [-0.1, -0.05) is 5.11 Å². The Kier molecular flexibility index (Phi) is 2.54. The largest absolute Gasteiger partial charge is 0.314 e. The molecule has 0 fully saturated rings. The predicted molar refractivity (Wildman–Crippen MR) is 57.9 cm³/mol. The molecule has 7 nitrogen and oxygen atoms in total. The molecular weight excluding hydrogens is 208 g/mol. The molecule has 16 heavy (non-hydrogen) atoms. The molecule has 1 aromatic rings. The maximum Gasteiger partial charge on any atom is 0.238 e. The monoisotopic (exact) mass is 220 g/mol. The number of nitrogens with zero attached hydrogens (tertiary/aromatic N) is 6. The van der Waals surface area contributed by atoms with Crippen LogP contribution in [0.4, 0.5) is 5.95 Å². The maximum absolute atomic E-state index is 11.9. The summed E-state index contributed by atoms with van der Waals surface area (Å²) in [5.74, 6) is 0.403. The molecule has 1 aromatic heterocycles. The second-order valence-electron chi connectivity index (χ2n) is 3.76. The summed E-state index contributed by atoms with van der Waals surface area (Å²) in [6.07, 6.45) is 2.24. The molecule has 2 rings (SSSR count). The van der Waals surface area contributed by atoms with Crippen molar-refractivity contribution in [1.29, 1.82) is 0 Å². The molecule has 0 aliphatic carbocycles. The Hall–Kier alpha value is -2.01. The first-order valence-corrected chi connectivity index (χ1v) is 4.99. The lowest BCUT2D eigenvalue weighted by Crippen LogP contribution is -2.34. The van der Waals surface area contributed by atoms with Gasteiger partial charge in [-0.2, -0.15) is 0 Å². The molecule has 1 unspecified atom stereocenters. The van der Waals surface area contributed by atoms with Gasteiger partial charge in [-0.05, 0) is 18.9 Å². The highest BCUT2D eigenvalue weighted by atomic mass is 16.2. The van der Waals surface area contributed by atoms with E-state index >= 15 is 0 Å². The fourth-order valence-corrected chi connectivity index (χ4v) is 1.86. The van der Waals surface area contributed by atoms with Gasteiger partial charge in [0.2, 0.25) is 11.9 Å². The fraction of sp³-hybridized carbons (Fsp3) is 0.556. The minimum Gasteiger partial charge on any atom is -0.314 e. The first kappa shape index (κ1) is 10.5. The van der Waals surface area contributed by atoms with Gasteiger partial charge in [-0.3, -0.25) is 9.69 Å². The highest BCUT2D eigenvalue weighted by Gasteiger charge is 2.28. The van der Waals surface area contributed by atoms with E-state index in [4.69, 9.17) is 5.53 Å². The lowest BCUT2D eigenvalue weighted by Gasteiger charge is -2.15. The Morgan fingerprint density at radius 1 is 1.69 bits per heavy atom. The van der Waals surface area contributed by atoms with Crippen molar-refractivity contribution >= 4 is 11.9 Å². The van der Waals surface area contributed by atoms with Crippen molar-refractivity contribution in [2.45, 2.75) is 25.9 Å². The number of anilines is 1. The van der Waals surface area contributed by atoms with Crippen LogP contribution >= 0.6 is 0 Å². The molecule has 1 aliphatic heterocycles. The molecule has 7 heteroatoms. The van der Waals surface area contributed by atoms with Crippen molar-refractivity contribution in [3.05, 3.63) is 22.3 Å². The standard InChI is InChI=1S/C9H12N6O/c1-6-5-11-9-14(2)8(16)7(12-13-10)3-4-15(6)9/h5,7H,3-4H2,1-2H3. The molecule has 0 aromatic carbocycles. The van der Waals surface area contributed by atoms with Crippen LogP contribution in [-0.4, -0.2) is 28.5 Å². The minimum atomic E-state index is -0.629. The second-order valence-corrected chi connectivity index (χ2v) is 3.76. The number of rotatable bonds is 1. The smallest absolute Gasteiger partial charge is 0.238 e. The van der Waals surface area contributed by atoms with Gasteiger partial charge in [-0.15, -0.1) is 0 Å². The number of carbonyl (C=O) groups is 1. The number of carbonyl (C=O) groups excluding carboxylic acids is 1. The van der Waals surface area contributed by atoms with Crippen LogP contribution in [0.2, 0.25) is 0 Å². The second kappa shape index (κ2) is 3.86. The van der Waals surface area contributed by atoms with E-state index < -0.39 is 6.04 Å². The summed E-state index contributed by atoms with van der Waals surface area (Å²) in [5.41, 5.74) is 9.40. The maximum atomic E-state index is 11.9. The van der Waals surface area contributed by atoms with Crippen LogP contribution in [-0.2, 0) is 11.3 Å². The van der Waals surface area contributed by atoms with E-state index in [1.165, 1.54) is 4.90 Å². The molecule has 0 radical (unpaired) electrons. The summed E-state index contributed by atoms with van der Waals surface area (Å²) in [5, 5.41) is 3.52. The van der Waals surface area contributed by atoms with Crippen molar-refractivity contribution in [3.63, 3.8) is 0 Å². The zero-order chi connectivity index (χ0) is 11.7. The summed E-state index contributed by atoms with van der Waals surface area (Å²) in [4.78, 5) is 20.2. The summed E-state index contributed by atoms with van der Waals surface area (Å²) in [6.45, 7) is 2.57. The Bertz CT molecular complexity index is 472. The van der Waals surface area contributed by atoms with Gasteiger partial charge < -0.3 is 4.57 Å². The lowest BCUT2D eigenvalue weighted by molar-refractivity contribution is -0.119. The van der Waals surface area contributed by atoms with Gasteiger partial charge in [0.15, 0.2) is 0 Å². The van der Waals surface area contributed by atoms with E-state index in [0.29, 0.717) is 18.9 Å². The summed E-state index contributed by atoms with van der Waals surface area (Å²) >= 11 is 0. The number of amides is 1. The SMILES string of the molecule is Cc1cnc2n1CCC(N=[N+]=[N-])C(=O)N2C. The number of azide groups is 1. The van der Waals surface area contributed by atoms with Crippen molar-refractivity contribution < 1.29 is 4.79 Å². The number of aryl methyl sites for hydroxylation is 1. The van der Waals surface area contributed by atoms with E-state index in [1.54, 1.807) is 13.2 Å². The molecule has 1 aliphatic rings. The summed E-state index contributed by atoms with van der Waals surface area (Å²) < 4.78 is 1.95. The van der Waals surface area contributed by atoms with Gasteiger partial charge in [0.25, 0.3) is 0 Å². The van der Waals surface area contributed by atoms with Crippen LogP contribution in [0.15, 0.2) is 11.3 Å². The van der Waals surface area contributed by atoms with Crippen molar-refractivity contribution in [3.8, 4) is 0 Å². The molecule has 1 amide bonds. The zero-order valence-electron chi connectivity index (χ0n) is 9.16. The number of aromatic nitrogens is 2. The lowest BCUT2D eigenvalue weighted by atomic mass is 10.2. The van der Waals surface area contributed by atoms with E-state index in [2.05, 4.69) is 15.0 Å². The number of imidazole rings is 1. The predicted octanol–water partition coefficient (Wildman–Crippen LogP) is 1.24. The third kappa shape index (κ3) is 1.51. The Morgan fingerprint density at radius 3 is 3.12 bits per heavy atom. The topological polar surface area (TPSA) is 86.9 Å². The van der Waals surface area contributed by atoms with Gasteiger partial charge in [0.05, 0.1) is 6.20 Å². The van der Waals surface area contributed by atoms with Crippen LogP contribution in [0.3, 0.4) is 0 Å². The van der Waals surface area contributed by atoms with Crippen LogP contribution < -0.4 is 4.90 Å². The van der Waals surface area contributed by atoms with Gasteiger partial charge in [0.1, 0.15) is 6.04 Å². The van der Waals surface area contributed by atoms with E-state index in [-0.39, 0.29) is 5.91 Å². The van der Waals surface area contributed by atoms with Crippen LogP contribution in [0.5, 0.6) is 0 Å². The van der Waals surface area contributed by atoms with Gasteiger partial charge in [0, 0.05) is 24.2 Å². The normalized spacial score (nSPS) is 20.0. The highest BCUT2D eigenvalue weighted by molar-refractivity contribution is 5.95. The third-order valence-electron chi connectivity index (χ3n) is 2.77. The van der Waals surface area contributed by atoms with Crippen molar-refractivity contribution in [1.82, 2.24) is 9.55 Å². The average Bonchev–Trinajstić information content (AvgIpc) is 2.59. The van der Waals surface area contributed by atoms with E-state index in [0.717, 1.165) is 5.69 Å². The first-order chi connectivity index (χ1) is 7.65. The molecule has 0 spiro atoms. The zero-order valence-corrected chi connectivity index (χ0v) is 9.16. The first-order valence-electron chi connectivity index (χ1n) is 4.99. The highest BCUT2D eigenvalue weighted by Crippen LogP contribution is 2.21. The van der Waals surface area contributed by atoms with Crippen LogP contribution in [0.1, 0.15) is 12.1 Å². The molecule has 0 bridgehead atoms. The van der Waals surface area contributed by atoms with Gasteiger partial charge >= 0.3 is 0 Å². The quantitative estimate of drug-likeness (QED) is 0.405. The molecule has 1 atom stereocenters.